The Balaban J connectivity index is 1.38. The summed E-state index contributed by atoms with van der Waals surface area (Å²) in [6.07, 6.45) is 4.62. The minimum atomic E-state index is -0.476. The molecule has 11 atom stereocenters. The Labute approximate surface area is 178 Å². The van der Waals surface area contributed by atoms with Crippen molar-refractivity contribution in [2.75, 3.05) is 13.2 Å². The summed E-state index contributed by atoms with van der Waals surface area (Å²) < 4.78 is 16.9. The van der Waals surface area contributed by atoms with Crippen LogP contribution < -0.4 is 0 Å². The number of esters is 2. The highest BCUT2D eigenvalue weighted by Crippen LogP contribution is 2.72. The van der Waals surface area contributed by atoms with Gasteiger partial charge in [0.1, 0.15) is 6.61 Å². The van der Waals surface area contributed by atoms with Crippen molar-refractivity contribution in [3.63, 3.8) is 0 Å². The molecule has 1 saturated heterocycles. The van der Waals surface area contributed by atoms with Gasteiger partial charge in [0.15, 0.2) is 0 Å². The number of nitriles is 1. The van der Waals surface area contributed by atoms with Gasteiger partial charge in [-0.1, -0.05) is 13.8 Å². The first-order valence-electron chi connectivity index (χ1n) is 11.9. The molecule has 5 fully saturated rings. The van der Waals surface area contributed by atoms with E-state index >= 15 is 0 Å². The number of ether oxygens (including phenoxy) is 3. The monoisotopic (exact) mass is 415 g/mol. The van der Waals surface area contributed by atoms with Gasteiger partial charge in [0.2, 0.25) is 6.29 Å². The fourth-order valence-electron chi connectivity index (χ4n) is 8.20. The summed E-state index contributed by atoms with van der Waals surface area (Å²) in [6, 6.07) is 2.02. The highest BCUT2D eigenvalue weighted by molar-refractivity contribution is 5.84. The largest absolute Gasteiger partial charge is 0.464 e. The SMILES string of the molecule is CC1C(C)C2CC1C1C3CC(C(C(=O)OC4CCCCO4)C3C(=O)OCCC#N)C21. The molecule has 1 heterocycles. The Morgan fingerprint density at radius 3 is 2.20 bits per heavy atom. The van der Waals surface area contributed by atoms with Crippen LogP contribution in [0.4, 0.5) is 0 Å². The number of rotatable bonds is 5. The summed E-state index contributed by atoms with van der Waals surface area (Å²) in [5.74, 6) is 2.81. The van der Waals surface area contributed by atoms with E-state index in [0.29, 0.717) is 42.1 Å². The lowest BCUT2D eigenvalue weighted by molar-refractivity contribution is -0.198. The molecule has 30 heavy (non-hydrogen) atoms. The summed E-state index contributed by atoms with van der Waals surface area (Å²) in [4.78, 5) is 26.4. The number of carbonyl (C=O) groups excluding carboxylic acids is 2. The minimum Gasteiger partial charge on any atom is -0.464 e. The van der Waals surface area contributed by atoms with Crippen molar-refractivity contribution in [2.45, 2.75) is 58.7 Å². The number of hydrogen-bond acceptors (Lipinski definition) is 6. The second-order valence-corrected chi connectivity index (χ2v) is 10.4. The molecule has 11 unspecified atom stereocenters. The molecular weight excluding hydrogens is 382 g/mol. The van der Waals surface area contributed by atoms with E-state index < -0.39 is 18.1 Å². The first-order valence-corrected chi connectivity index (χ1v) is 11.9. The van der Waals surface area contributed by atoms with Crippen molar-refractivity contribution in [3.05, 3.63) is 0 Å². The van der Waals surface area contributed by atoms with E-state index in [4.69, 9.17) is 19.5 Å². The van der Waals surface area contributed by atoms with Gasteiger partial charge in [-0.2, -0.15) is 5.26 Å². The van der Waals surface area contributed by atoms with Crippen LogP contribution in [0.1, 0.15) is 52.4 Å². The molecule has 6 nitrogen and oxygen atoms in total. The maximum Gasteiger partial charge on any atom is 0.312 e. The molecule has 0 amide bonds. The molecule has 0 aromatic heterocycles. The highest BCUT2D eigenvalue weighted by Gasteiger charge is 2.71. The first kappa shape index (κ1) is 20.3. The molecule has 0 radical (unpaired) electrons. The van der Waals surface area contributed by atoms with Gasteiger partial charge in [-0.15, -0.1) is 0 Å². The van der Waals surface area contributed by atoms with E-state index in [9.17, 15) is 9.59 Å². The van der Waals surface area contributed by atoms with Gasteiger partial charge in [-0.25, -0.2) is 0 Å². The summed E-state index contributed by atoms with van der Waals surface area (Å²) in [5.41, 5.74) is 0. The molecule has 164 valence electrons. The summed E-state index contributed by atoms with van der Waals surface area (Å²) in [6.45, 7) is 5.46. The van der Waals surface area contributed by atoms with E-state index in [0.717, 1.165) is 25.7 Å². The van der Waals surface area contributed by atoms with E-state index in [1.807, 2.05) is 6.07 Å². The molecule has 4 saturated carbocycles. The molecule has 5 aliphatic rings. The third kappa shape index (κ3) is 2.99. The molecule has 0 aromatic rings. The standard InChI is InChI=1S/C24H33NO5/c1-12-13(2)15-10-14(12)19-16-11-17(20(15)19)22(21(16)23(26)29-9-5-7-25)24(27)30-18-6-3-4-8-28-18/h12-22H,3-6,8-11H2,1-2H3. The topological polar surface area (TPSA) is 85.6 Å². The second-order valence-electron chi connectivity index (χ2n) is 10.4. The molecule has 4 aliphatic carbocycles. The Morgan fingerprint density at radius 2 is 1.60 bits per heavy atom. The number of nitrogens with zero attached hydrogens (tertiary/aromatic N) is 1. The van der Waals surface area contributed by atoms with Crippen LogP contribution in [0.5, 0.6) is 0 Å². The molecule has 0 N–H and O–H groups in total. The summed E-state index contributed by atoms with van der Waals surface area (Å²) in [5, 5.41) is 8.79. The molecule has 1 aliphatic heterocycles. The van der Waals surface area contributed by atoms with Gasteiger partial charge in [0.05, 0.1) is 30.9 Å². The molecular formula is C24H33NO5. The molecule has 6 heteroatoms. The van der Waals surface area contributed by atoms with Crippen LogP contribution in [0.3, 0.4) is 0 Å². The third-order valence-electron chi connectivity index (χ3n) is 9.39. The lowest BCUT2D eigenvalue weighted by Gasteiger charge is -2.45. The number of hydrogen-bond donors (Lipinski definition) is 0. The Hall–Kier alpha value is -1.61. The fourth-order valence-corrected chi connectivity index (χ4v) is 8.20. The fraction of sp³-hybridized carbons (Fsp3) is 0.875. The number of fused-ring (bicyclic) bond motifs is 9. The van der Waals surface area contributed by atoms with Crippen molar-refractivity contribution in [3.8, 4) is 6.07 Å². The van der Waals surface area contributed by atoms with Gasteiger partial charge >= 0.3 is 11.9 Å². The van der Waals surface area contributed by atoms with Crippen molar-refractivity contribution in [1.29, 1.82) is 5.26 Å². The van der Waals surface area contributed by atoms with Gasteiger partial charge < -0.3 is 14.2 Å². The van der Waals surface area contributed by atoms with Gasteiger partial charge in [0, 0.05) is 6.42 Å². The Kier molecular flexibility index (Phi) is 5.29. The van der Waals surface area contributed by atoms with Crippen LogP contribution in [-0.4, -0.2) is 31.4 Å². The Bertz CT molecular complexity index is 740. The van der Waals surface area contributed by atoms with E-state index in [2.05, 4.69) is 13.8 Å². The zero-order valence-electron chi connectivity index (χ0n) is 18.0. The third-order valence-corrected chi connectivity index (χ3v) is 9.39. The smallest absolute Gasteiger partial charge is 0.312 e. The second kappa shape index (κ2) is 7.82. The average molecular weight is 416 g/mol. The zero-order chi connectivity index (χ0) is 21.0. The van der Waals surface area contributed by atoms with Crippen LogP contribution in [0.2, 0.25) is 0 Å². The summed E-state index contributed by atoms with van der Waals surface area (Å²) in [7, 11) is 0. The quantitative estimate of drug-likeness (QED) is 0.388. The zero-order valence-corrected chi connectivity index (χ0v) is 18.0. The lowest BCUT2D eigenvalue weighted by atomic mass is 9.59. The maximum absolute atomic E-state index is 13.3. The maximum atomic E-state index is 13.3. The molecule has 5 rings (SSSR count). The van der Waals surface area contributed by atoms with E-state index in [-0.39, 0.29) is 36.8 Å². The average Bonchev–Trinajstić information content (AvgIpc) is 3.47. The highest BCUT2D eigenvalue weighted by atomic mass is 16.7. The van der Waals surface area contributed by atoms with Gasteiger partial charge in [0.25, 0.3) is 0 Å². The van der Waals surface area contributed by atoms with Crippen LogP contribution in [0.25, 0.3) is 0 Å². The first-order chi connectivity index (χ1) is 14.5. The lowest BCUT2D eigenvalue weighted by Crippen LogP contribution is -2.48. The van der Waals surface area contributed by atoms with E-state index in [1.165, 1.54) is 6.42 Å². The van der Waals surface area contributed by atoms with Crippen LogP contribution >= 0.6 is 0 Å². The van der Waals surface area contributed by atoms with Crippen LogP contribution in [0, 0.1) is 70.5 Å². The van der Waals surface area contributed by atoms with Crippen molar-refractivity contribution < 1.29 is 23.8 Å². The molecule has 0 spiro atoms. The van der Waals surface area contributed by atoms with Gasteiger partial charge in [-0.05, 0) is 73.0 Å². The van der Waals surface area contributed by atoms with E-state index in [1.54, 1.807) is 0 Å². The molecule has 4 bridgehead atoms. The normalized spacial score (nSPS) is 48.2. The van der Waals surface area contributed by atoms with Crippen LogP contribution in [-0.2, 0) is 23.8 Å². The van der Waals surface area contributed by atoms with Crippen molar-refractivity contribution in [1.82, 2.24) is 0 Å². The molecule has 0 aromatic carbocycles. The predicted molar refractivity (Wildman–Crippen MR) is 106 cm³/mol. The van der Waals surface area contributed by atoms with Gasteiger partial charge in [-0.3, -0.25) is 9.59 Å². The Morgan fingerprint density at radius 1 is 0.967 bits per heavy atom. The summed E-state index contributed by atoms with van der Waals surface area (Å²) >= 11 is 0. The predicted octanol–water partition coefficient (Wildman–Crippen LogP) is 3.55. The minimum absolute atomic E-state index is 0.101. The van der Waals surface area contributed by atoms with Crippen molar-refractivity contribution >= 4 is 11.9 Å². The van der Waals surface area contributed by atoms with Crippen LogP contribution in [0.15, 0.2) is 0 Å². The number of carbonyl (C=O) groups is 2. The van der Waals surface area contributed by atoms with Crippen molar-refractivity contribution in [2.24, 2.45) is 59.2 Å².